The van der Waals surface area contributed by atoms with Crippen LogP contribution in [-0.2, 0) is 0 Å². The summed E-state index contributed by atoms with van der Waals surface area (Å²) in [7, 11) is 0. The fourth-order valence-corrected chi connectivity index (χ4v) is 1.77. The first kappa shape index (κ1) is 9.77. The van der Waals surface area contributed by atoms with Crippen LogP contribution >= 0.6 is 0 Å². The van der Waals surface area contributed by atoms with Crippen molar-refractivity contribution in [3.05, 3.63) is 48.4 Å². The summed E-state index contributed by atoms with van der Waals surface area (Å²) >= 11 is 0. The Kier molecular flexibility index (Phi) is 2.22. The highest BCUT2D eigenvalue weighted by Crippen LogP contribution is 2.18. The van der Waals surface area contributed by atoms with Gasteiger partial charge < -0.3 is 0 Å². The Morgan fingerprint density at radius 1 is 1.24 bits per heavy atom. The van der Waals surface area contributed by atoms with Crippen molar-refractivity contribution in [3.63, 3.8) is 0 Å². The smallest absolute Gasteiger partial charge is 0.186 e. The summed E-state index contributed by atoms with van der Waals surface area (Å²) in [6.07, 6.45) is 3.40. The fourth-order valence-electron chi connectivity index (χ4n) is 1.77. The van der Waals surface area contributed by atoms with Gasteiger partial charge >= 0.3 is 0 Å². The zero-order valence-electron chi connectivity index (χ0n) is 9.33. The molecule has 3 aromatic rings. The van der Waals surface area contributed by atoms with E-state index in [2.05, 4.69) is 39.5 Å². The second kappa shape index (κ2) is 3.86. The minimum absolute atomic E-state index is 0.758. The number of hydrogen-bond acceptors (Lipinski definition) is 3. The highest BCUT2D eigenvalue weighted by molar-refractivity contribution is 5.52. The second-order valence-electron chi connectivity index (χ2n) is 3.83. The van der Waals surface area contributed by atoms with Crippen molar-refractivity contribution >= 4 is 0 Å². The number of aryl methyl sites for hydroxylation is 1. The molecule has 0 saturated heterocycles. The summed E-state index contributed by atoms with van der Waals surface area (Å²) in [5, 5.41) is 14.9. The summed E-state index contributed by atoms with van der Waals surface area (Å²) in [4.78, 5) is 0. The van der Waals surface area contributed by atoms with Gasteiger partial charge in [-0.3, -0.25) is 9.67 Å². The average Bonchev–Trinajstić information content (AvgIpc) is 3.00. The summed E-state index contributed by atoms with van der Waals surface area (Å²) in [5.41, 5.74) is 3.09. The van der Waals surface area contributed by atoms with Crippen LogP contribution in [0.25, 0.3) is 17.2 Å². The van der Waals surface area contributed by atoms with E-state index in [-0.39, 0.29) is 0 Å². The van der Waals surface area contributed by atoms with Crippen LogP contribution in [0.1, 0.15) is 5.56 Å². The molecule has 0 radical (unpaired) electrons. The lowest BCUT2D eigenvalue weighted by Gasteiger charge is -2.05. The van der Waals surface area contributed by atoms with Crippen molar-refractivity contribution in [1.82, 2.24) is 25.0 Å². The first-order chi connectivity index (χ1) is 8.34. The molecule has 0 bridgehead atoms. The molecule has 5 heteroatoms. The fraction of sp³-hybridized carbons (Fsp3) is 0.0833. The monoisotopic (exact) mass is 225 g/mol. The van der Waals surface area contributed by atoms with Gasteiger partial charge in [0.1, 0.15) is 12.0 Å². The molecule has 0 aliphatic carbocycles. The van der Waals surface area contributed by atoms with E-state index in [9.17, 15) is 0 Å². The summed E-state index contributed by atoms with van der Waals surface area (Å²) in [6.45, 7) is 2.06. The van der Waals surface area contributed by atoms with Gasteiger partial charge in [-0.2, -0.15) is 5.10 Å². The van der Waals surface area contributed by atoms with Crippen LogP contribution in [0, 0.1) is 6.92 Å². The van der Waals surface area contributed by atoms with E-state index in [4.69, 9.17) is 0 Å². The molecule has 1 N–H and O–H groups in total. The molecule has 17 heavy (non-hydrogen) atoms. The van der Waals surface area contributed by atoms with Crippen LogP contribution in [0.5, 0.6) is 0 Å². The van der Waals surface area contributed by atoms with Crippen LogP contribution in [0.4, 0.5) is 0 Å². The number of nitrogens with zero attached hydrogens (tertiary/aromatic N) is 4. The molecule has 0 spiro atoms. The maximum absolute atomic E-state index is 4.11. The molecular weight excluding hydrogens is 214 g/mol. The quantitative estimate of drug-likeness (QED) is 0.725. The maximum Gasteiger partial charge on any atom is 0.186 e. The molecule has 3 rings (SSSR count). The number of aromatic nitrogens is 5. The summed E-state index contributed by atoms with van der Waals surface area (Å²) < 4.78 is 1.93. The van der Waals surface area contributed by atoms with Crippen LogP contribution < -0.4 is 0 Å². The van der Waals surface area contributed by atoms with Crippen molar-refractivity contribution < 1.29 is 0 Å². The van der Waals surface area contributed by atoms with Crippen molar-refractivity contribution in [1.29, 1.82) is 0 Å². The van der Waals surface area contributed by atoms with Crippen molar-refractivity contribution in [2.24, 2.45) is 0 Å². The third-order valence-electron chi connectivity index (χ3n) is 2.57. The highest BCUT2D eigenvalue weighted by Gasteiger charge is 2.09. The van der Waals surface area contributed by atoms with E-state index in [0.717, 1.165) is 17.2 Å². The molecule has 0 amide bonds. The van der Waals surface area contributed by atoms with E-state index >= 15 is 0 Å². The minimum atomic E-state index is 0.758. The summed E-state index contributed by atoms with van der Waals surface area (Å²) in [5.74, 6) is 0.758. The SMILES string of the molecule is Cc1cccc(-n2cnnc2-c2ccn[nH]2)c1. The van der Waals surface area contributed by atoms with Gasteiger partial charge in [0.15, 0.2) is 5.82 Å². The van der Waals surface area contributed by atoms with Gasteiger partial charge in [-0.05, 0) is 30.7 Å². The third-order valence-corrected chi connectivity index (χ3v) is 2.57. The molecule has 2 aromatic heterocycles. The molecule has 5 nitrogen and oxygen atoms in total. The molecule has 0 saturated carbocycles. The van der Waals surface area contributed by atoms with Crippen LogP contribution in [0.2, 0.25) is 0 Å². The Balaban J connectivity index is 2.14. The Hall–Kier alpha value is -2.43. The van der Waals surface area contributed by atoms with Gasteiger partial charge in [0, 0.05) is 11.9 Å². The van der Waals surface area contributed by atoms with Gasteiger partial charge in [-0.15, -0.1) is 10.2 Å². The molecule has 0 atom stereocenters. The molecule has 1 aromatic carbocycles. The van der Waals surface area contributed by atoms with Gasteiger partial charge in [-0.1, -0.05) is 12.1 Å². The molecule has 2 heterocycles. The molecule has 0 unspecified atom stereocenters. The Bertz CT molecular complexity index is 624. The largest absolute Gasteiger partial charge is 0.280 e. The number of aromatic amines is 1. The van der Waals surface area contributed by atoms with Crippen molar-refractivity contribution in [3.8, 4) is 17.2 Å². The lowest BCUT2D eigenvalue weighted by atomic mass is 10.2. The van der Waals surface area contributed by atoms with E-state index in [1.807, 2.05) is 22.8 Å². The topological polar surface area (TPSA) is 59.4 Å². The van der Waals surface area contributed by atoms with Crippen molar-refractivity contribution in [2.75, 3.05) is 0 Å². The van der Waals surface area contributed by atoms with Crippen LogP contribution in [0.15, 0.2) is 42.9 Å². The first-order valence-corrected chi connectivity index (χ1v) is 5.31. The van der Waals surface area contributed by atoms with Crippen LogP contribution in [0.3, 0.4) is 0 Å². The first-order valence-electron chi connectivity index (χ1n) is 5.31. The predicted molar refractivity (Wildman–Crippen MR) is 63.7 cm³/mol. The zero-order valence-corrected chi connectivity index (χ0v) is 9.33. The Labute approximate surface area is 98.1 Å². The number of hydrogen-bond donors (Lipinski definition) is 1. The van der Waals surface area contributed by atoms with E-state index in [0.29, 0.717) is 0 Å². The number of H-pyrrole nitrogens is 1. The molecule has 0 fully saturated rings. The van der Waals surface area contributed by atoms with Crippen LogP contribution in [-0.4, -0.2) is 25.0 Å². The van der Waals surface area contributed by atoms with Gasteiger partial charge in [0.2, 0.25) is 0 Å². The zero-order chi connectivity index (χ0) is 11.7. The average molecular weight is 225 g/mol. The molecule has 0 aliphatic heterocycles. The molecule has 84 valence electrons. The number of nitrogens with one attached hydrogen (secondary N) is 1. The maximum atomic E-state index is 4.11. The predicted octanol–water partition coefficient (Wildman–Crippen LogP) is 1.97. The normalized spacial score (nSPS) is 10.6. The Morgan fingerprint density at radius 3 is 2.94 bits per heavy atom. The summed E-state index contributed by atoms with van der Waals surface area (Å²) in [6, 6.07) is 10.1. The van der Waals surface area contributed by atoms with Gasteiger partial charge in [0.25, 0.3) is 0 Å². The van der Waals surface area contributed by atoms with E-state index < -0.39 is 0 Å². The van der Waals surface area contributed by atoms with Crippen molar-refractivity contribution in [2.45, 2.75) is 6.92 Å². The molecular formula is C12H11N5. The van der Waals surface area contributed by atoms with Gasteiger partial charge in [0.05, 0.1) is 0 Å². The highest BCUT2D eigenvalue weighted by atomic mass is 15.3. The van der Waals surface area contributed by atoms with E-state index in [1.54, 1.807) is 12.5 Å². The number of rotatable bonds is 2. The lowest BCUT2D eigenvalue weighted by molar-refractivity contribution is 1.02. The van der Waals surface area contributed by atoms with Gasteiger partial charge in [-0.25, -0.2) is 0 Å². The van der Waals surface area contributed by atoms with E-state index in [1.165, 1.54) is 5.56 Å². The number of benzene rings is 1. The standard InChI is InChI=1S/C12H11N5/c1-9-3-2-4-10(7-9)17-8-14-16-12(17)11-5-6-13-15-11/h2-8H,1H3,(H,13,15). The second-order valence-corrected chi connectivity index (χ2v) is 3.83. The minimum Gasteiger partial charge on any atom is -0.280 e. The Morgan fingerprint density at radius 2 is 2.18 bits per heavy atom. The molecule has 0 aliphatic rings. The third kappa shape index (κ3) is 1.71. The lowest BCUT2D eigenvalue weighted by Crippen LogP contribution is -1.96.